The fourth-order valence-corrected chi connectivity index (χ4v) is 3.31. The van der Waals surface area contributed by atoms with Crippen molar-refractivity contribution in [3.05, 3.63) is 29.6 Å². The molecule has 2 aromatic rings. The van der Waals surface area contributed by atoms with E-state index in [1.54, 1.807) is 0 Å². The predicted octanol–water partition coefficient (Wildman–Crippen LogP) is 2.23. The van der Waals surface area contributed by atoms with Gasteiger partial charge < -0.3 is 9.88 Å². The molecule has 3 rings (SSSR count). The van der Waals surface area contributed by atoms with Gasteiger partial charge in [-0.3, -0.25) is 9.69 Å². The van der Waals surface area contributed by atoms with Gasteiger partial charge >= 0.3 is 0 Å². The van der Waals surface area contributed by atoms with Gasteiger partial charge in [0, 0.05) is 13.6 Å². The number of imidazole rings is 1. The van der Waals surface area contributed by atoms with E-state index in [4.69, 9.17) is 0 Å². The molecule has 0 radical (unpaired) electrons. The Bertz CT molecular complexity index is 732. The minimum absolute atomic E-state index is 0.0749. The Morgan fingerprint density at radius 1 is 1.39 bits per heavy atom. The third-order valence-corrected chi connectivity index (χ3v) is 4.70. The number of aromatic nitrogens is 2. The zero-order chi connectivity index (χ0) is 16.6. The van der Waals surface area contributed by atoms with Crippen molar-refractivity contribution in [1.29, 1.82) is 0 Å². The summed E-state index contributed by atoms with van der Waals surface area (Å²) in [7, 11) is 2.00. The maximum atomic E-state index is 12.2. The van der Waals surface area contributed by atoms with Crippen LogP contribution in [0, 0.1) is 12.3 Å². The summed E-state index contributed by atoms with van der Waals surface area (Å²) in [6.45, 7) is 9.52. The van der Waals surface area contributed by atoms with Crippen LogP contribution >= 0.6 is 0 Å². The lowest BCUT2D eigenvalue weighted by Crippen LogP contribution is -2.36. The Morgan fingerprint density at radius 2 is 2.17 bits per heavy atom. The molecule has 0 saturated carbocycles. The molecule has 1 aromatic heterocycles. The lowest BCUT2D eigenvalue weighted by atomic mass is 9.93. The molecule has 1 fully saturated rings. The van der Waals surface area contributed by atoms with Gasteiger partial charge in [0.15, 0.2) is 0 Å². The van der Waals surface area contributed by atoms with E-state index >= 15 is 0 Å². The van der Waals surface area contributed by atoms with Crippen LogP contribution in [0.2, 0.25) is 0 Å². The number of fused-ring (bicyclic) bond motifs is 1. The number of nitrogens with zero attached hydrogens (tertiary/aromatic N) is 3. The topological polar surface area (TPSA) is 50.2 Å². The van der Waals surface area contributed by atoms with Crippen molar-refractivity contribution in [1.82, 2.24) is 19.8 Å². The molecule has 1 saturated heterocycles. The van der Waals surface area contributed by atoms with Crippen molar-refractivity contribution in [2.75, 3.05) is 19.6 Å². The zero-order valence-corrected chi connectivity index (χ0v) is 14.5. The van der Waals surface area contributed by atoms with Gasteiger partial charge in [0.2, 0.25) is 5.91 Å². The molecule has 1 N–H and O–H groups in total. The number of benzene rings is 1. The highest BCUT2D eigenvalue weighted by Crippen LogP contribution is 2.28. The molecule has 1 aliphatic rings. The summed E-state index contributed by atoms with van der Waals surface area (Å²) in [6.07, 6.45) is 1.16. The second-order valence-corrected chi connectivity index (χ2v) is 7.48. The van der Waals surface area contributed by atoms with Gasteiger partial charge in [-0.15, -0.1) is 0 Å². The summed E-state index contributed by atoms with van der Waals surface area (Å²) in [5.41, 5.74) is 3.61. The molecule has 1 amide bonds. The number of likely N-dealkylation sites (tertiary alicyclic amines) is 1. The van der Waals surface area contributed by atoms with Crippen molar-refractivity contribution in [2.45, 2.75) is 33.7 Å². The summed E-state index contributed by atoms with van der Waals surface area (Å²) < 4.78 is 2.05. The summed E-state index contributed by atoms with van der Waals surface area (Å²) in [4.78, 5) is 19.0. The number of amides is 1. The van der Waals surface area contributed by atoms with E-state index in [1.165, 1.54) is 5.56 Å². The molecular formula is C18H26N4O. The number of hydrogen-bond acceptors (Lipinski definition) is 3. The van der Waals surface area contributed by atoms with Crippen LogP contribution in [0.15, 0.2) is 18.2 Å². The van der Waals surface area contributed by atoms with E-state index < -0.39 is 0 Å². The first-order valence-corrected chi connectivity index (χ1v) is 8.25. The Hall–Kier alpha value is -1.88. The number of aryl methyl sites for hydroxylation is 2. The lowest BCUT2D eigenvalue weighted by Gasteiger charge is -2.19. The Labute approximate surface area is 137 Å². The standard InChI is InChI=1S/C18H26N4O/c1-13-5-6-15-14(9-13)20-16(21(15)4)10-19-17(23)11-22-8-7-18(2,3)12-22/h5-6,9H,7-8,10-12H2,1-4H3,(H,19,23). The molecule has 5 nitrogen and oxygen atoms in total. The third-order valence-electron chi connectivity index (χ3n) is 4.70. The molecule has 124 valence electrons. The van der Waals surface area contributed by atoms with Crippen molar-refractivity contribution in [3.63, 3.8) is 0 Å². The summed E-state index contributed by atoms with van der Waals surface area (Å²) >= 11 is 0. The van der Waals surface area contributed by atoms with Crippen molar-refractivity contribution in [2.24, 2.45) is 12.5 Å². The van der Waals surface area contributed by atoms with E-state index in [1.807, 2.05) is 11.6 Å². The zero-order valence-electron chi connectivity index (χ0n) is 14.5. The van der Waals surface area contributed by atoms with Gasteiger partial charge in [-0.25, -0.2) is 4.98 Å². The predicted molar refractivity (Wildman–Crippen MR) is 92.1 cm³/mol. The number of rotatable bonds is 4. The minimum Gasteiger partial charge on any atom is -0.348 e. The maximum Gasteiger partial charge on any atom is 0.234 e. The summed E-state index contributed by atoms with van der Waals surface area (Å²) in [6, 6.07) is 6.24. The SMILES string of the molecule is Cc1ccc2c(c1)nc(CNC(=O)CN1CCC(C)(C)C1)n2C. The quantitative estimate of drug-likeness (QED) is 0.941. The van der Waals surface area contributed by atoms with Crippen LogP contribution in [0.4, 0.5) is 0 Å². The molecule has 1 aliphatic heterocycles. The lowest BCUT2D eigenvalue weighted by molar-refractivity contribution is -0.122. The number of carbonyl (C=O) groups is 1. The van der Waals surface area contributed by atoms with Crippen molar-refractivity contribution < 1.29 is 4.79 Å². The number of nitrogens with one attached hydrogen (secondary N) is 1. The van der Waals surface area contributed by atoms with Crippen LogP contribution in [0.25, 0.3) is 11.0 Å². The van der Waals surface area contributed by atoms with Crippen molar-refractivity contribution in [3.8, 4) is 0 Å². The van der Waals surface area contributed by atoms with E-state index in [2.05, 4.69) is 54.2 Å². The van der Waals surface area contributed by atoms with Gasteiger partial charge in [-0.1, -0.05) is 19.9 Å². The van der Waals surface area contributed by atoms with Crippen LogP contribution < -0.4 is 5.32 Å². The van der Waals surface area contributed by atoms with E-state index in [0.717, 1.165) is 36.4 Å². The molecule has 0 atom stereocenters. The molecule has 0 bridgehead atoms. The second kappa shape index (κ2) is 5.96. The van der Waals surface area contributed by atoms with Crippen LogP contribution in [-0.2, 0) is 18.4 Å². The minimum atomic E-state index is 0.0749. The Morgan fingerprint density at radius 3 is 2.87 bits per heavy atom. The van der Waals surface area contributed by atoms with Gasteiger partial charge in [-0.05, 0) is 43.0 Å². The van der Waals surface area contributed by atoms with E-state index in [9.17, 15) is 4.79 Å². The fourth-order valence-electron chi connectivity index (χ4n) is 3.31. The molecule has 23 heavy (non-hydrogen) atoms. The molecule has 1 aromatic carbocycles. The molecule has 5 heteroatoms. The summed E-state index contributed by atoms with van der Waals surface area (Å²) in [5, 5.41) is 3.01. The number of carbonyl (C=O) groups excluding carboxylic acids is 1. The maximum absolute atomic E-state index is 12.2. The van der Waals surface area contributed by atoms with Crippen LogP contribution in [0.1, 0.15) is 31.7 Å². The molecule has 0 aliphatic carbocycles. The van der Waals surface area contributed by atoms with Crippen LogP contribution in [-0.4, -0.2) is 40.0 Å². The highest BCUT2D eigenvalue weighted by molar-refractivity contribution is 5.79. The van der Waals surface area contributed by atoms with Crippen LogP contribution in [0.3, 0.4) is 0 Å². The average molecular weight is 314 g/mol. The Kier molecular flexibility index (Phi) is 4.15. The molecule has 0 spiro atoms. The van der Waals surface area contributed by atoms with Gasteiger partial charge in [0.05, 0.1) is 24.1 Å². The Balaban J connectivity index is 1.60. The fraction of sp³-hybridized carbons (Fsp3) is 0.556. The van der Waals surface area contributed by atoms with Crippen molar-refractivity contribution >= 4 is 16.9 Å². The van der Waals surface area contributed by atoms with Gasteiger partial charge in [0.1, 0.15) is 5.82 Å². The van der Waals surface area contributed by atoms with E-state index in [0.29, 0.717) is 18.5 Å². The molecule has 0 unspecified atom stereocenters. The molecule has 2 heterocycles. The monoisotopic (exact) mass is 314 g/mol. The third kappa shape index (κ3) is 3.55. The normalized spacial score (nSPS) is 17.7. The second-order valence-electron chi connectivity index (χ2n) is 7.48. The first-order valence-electron chi connectivity index (χ1n) is 8.25. The highest BCUT2D eigenvalue weighted by atomic mass is 16.2. The first-order chi connectivity index (χ1) is 10.8. The average Bonchev–Trinajstić information content (AvgIpc) is 2.96. The van der Waals surface area contributed by atoms with Crippen LogP contribution in [0.5, 0.6) is 0 Å². The van der Waals surface area contributed by atoms with E-state index in [-0.39, 0.29) is 5.91 Å². The molecular weight excluding hydrogens is 288 g/mol. The smallest absolute Gasteiger partial charge is 0.234 e. The van der Waals surface area contributed by atoms with Gasteiger partial charge in [0.25, 0.3) is 0 Å². The first kappa shape index (κ1) is 16.0. The summed E-state index contributed by atoms with van der Waals surface area (Å²) in [5.74, 6) is 0.964. The van der Waals surface area contributed by atoms with Gasteiger partial charge in [-0.2, -0.15) is 0 Å². The largest absolute Gasteiger partial charge is 0.348 e. The highest BCUT2D eigenvalue weighted by Gasteiger charge is 2.29. The number of hydrogen-bond donors (Lipinski definition) is 1.